The summed E-state index contributed by atoms with van der Waals surface area (Å²) in [6, 6.07) is 20.7. The van der Waals surface area contributed by atoms with Crippen molar-refractivity contribution in [3.05, 3.63) is 111 Å². The van der Waals surface area contributed by atoms with E-state index in [1.807, 2.05) is 43.3 Å². The molecular formula is C60H76O7. The Kier molecular flexibility index (Phi) is 12.6. The van der Waals surface area contributed by atoms with Gasteiger partial charge in [-0.25, -0.2) is 0 Å². The molecule has 0 atom stereocenters. The number of phenolic OH excluding ortho intramolecular Hbond substituents is 6. The van der Waals surface area contributed by atoms with Crippen LogP contribution in [0.3, 0.4) is 0 Å². The molecule has 0 heterocycles. The lowest BCUT2D eigenvalue weighted by molar-refractivity contribution is 0.227. The Labute approximate surface area is 400 Å². The molecule has 0 aromatic heterocycles. The molecule has 0 aliphatic heterocycles. The maximum atomic E-state index is 12.4. The third kappa shape index (κ3) is 9.53. The van der Waals surface area contributed by atoms with Gasteiger partial charge in [0.1, 0.15) is 40.2 Å². The Balaban J connectivity index is 1.57. The zero-order valence-electron chi connectivity index (χ0n) is 43.6. The van der Waals surface area contributed by atoms with Gasteiger partial charge in [0.05, 0.1) is 6.61 Å². The standard InChI is InChI=1S/C60H76O7/c1-32-47(35-24-40(55(3,4)5)52(65)41(25-35)56(6,7)8)50(63)33(2)51(64)48(32)36-26-42(57(9,10)11)53(66)43(27-36)60(18,19)31-67-54-44(58(12,13)14)28-37(29-45(54)59(15,16)17)49-39-30-38(61)22-20-34(39)21-23-46(49)62/h20-30,61-66H,31H2,1-19H3. The summed E-state index contributed by atoms with van der Waals surface area (Å²) in [5.41, 5.74) is 6.79. The van der Waals surface area contributed by atoms with E-state index in [-0.39, 0.29) is 41.1 Å². The average molecular weight is 909 g/mol. The molecule has 0 aliphatic carbocycles. The quantitative estimate of drug-likeness (QED) is 0.0940. The van der Waals surface area contributed by atoms with Crippen molar-refractivity contribution in [3.63, 3.8) is 0 Å². The number of phenols is 6. The Hall–Kier alpha value is -5.82. The molecule has 6 aromatic carbocycles. The minimum Gasteiger partial charge on any atom is -0.508 e. The molecule has 6 N–H and O–H groups in total. The Morgan fingerprint density at radius 1 is 0.388 bits per heavy atom. The number of ether oxygens (including phenoxy) is 1. The average Bonchev–Trinajstić information content (AvgIpc) is 3.18. The van der Waals surface area contributed by atoms with Crippen molar-refractivity contribution in [1.82, 2.24) is 0 Å². The summed E-state index contributed by atoms with van der Waals surface area (Å²) >= 11 is 0. The van der Waals surface area contributed by atoms with Crippen LogP contribution in [0, 0.1) is 13.8 Å². The zero-order valence-corrected chi connectivity index (χ0v) is 43.6. The highest BCUT2D eigenvalue weighted by atomic mass is 16.5. The SMILES string of the molecule is Cc1c(O)c(-c2cc(C(C)(C)C)c(O)c(C(C)(C)C)c2)c(C)c(-c2cc(C(C)(C)C)c(O)c(C(C)(C)COc3c(C(C)(C)C)cc(-c4c(O)ccc5ccc(O)cc45)cc3C(C)(C)C)c2)c1O. The van der Waals surface area contributed by atoms with Crippen molar-refractivity contribution >= 4 is 10.8 Å². The van der Waals surface area contributed by atoms with Crippen molar-refractivity contribution in [2.24, 2.45) is 0 Å². The monoisotopic (exact) mass is 909 g/mol. The van der Waals surface area contributed by atoms with Gasteiger partial charge in [0.25, 0.3) is 0 Å². The van der Waals surface area contributed by atoms with Gasteiger partial charge in [-0.3, -0.25) is 0 Å². The van der Waals surface area contributed by atoms with Gasteiger partial charge in [-0.15, -0.1) is 0 Å². The smallest absolute Gasteiger partial charge is 0.130 e. The van der Waals surface area contributed by atoms with E-state index in [0.717, 1.165) is 49.9 Å². The van der Waals surface area contributed by atoms with Gasteiger partial charge in [-0.1, -0.05) is 130 Å². The maximum absolute atomic E-state index is 12.4. The van der Waals surface area contributed by atoms with E-state index in [9.17, 15) is 30.6 Å². The van der Waals surface area contributed by atoms with Crippen molar-refractivity contribution in [2.75, 3.05) is 6.61 Å². The molecule has 6 aromatic rings. The second-order valence-corrected chi connectivity index (χ2v) is 24.7. The molecule has 0 unspecified atom stereocenters. The molecule has 67 heavy (non-hydrogen) atoms. The van der Waals surface area contributed by atoms with E-state index >= 15 is 0 Å². The summed E-state index contributed by atoms with van der Waals surface area (Å²) in [6.07, 6.45) is 0. The molecule has 0 amide bonds. The lowest BCUT2D eigenvalue weighted by atomic mass is 9.75. The van der Waals surface area contributed by atoms with Crippen LogP contribution in [-0.2, 0) is 32.5 Å². The molecule has 0 aliphatic rings. The predicted molar refractivity (Wildman–Crippen MR) is 278 cm³/mol. The number of hydrogen-bond acceptors (Lipinski definition) is 7. The van der Waals surface area contributed by atoms with Gasteiger partial charge in [0.2, 0.25) is 0 Å². The van der Waals surface area contributed by atoms with Crippen molar-refractivity contribution in [2.45, 2.75) is 164 Å². The second kappa shape index (κ2) is 16.7. The van der Waals surface area contributed by atoms with Crippen LogP contribution in [0.4, 0.5) is 0 Å². The minimum atomic E-state index is -0.799. The first-order valence-electron chi connectivity index (χ1n) is 23.6. The lowest BCUT2D eigenvalue weighted by Gasteiger charge is -2.34. The number of fused-ring (bicyclic) bond motifs is 1. The first-order chi connectivity index (χ1) is 30.5. The van der Waals surface area contributed by atoms with Gasteiger partial charge in [0, 0.05) is 61.0 Å². The van der Waals surface area contributed by atoms with Gasteiger partial charge in [-0.2, -0.15) is 0 Å². The first kappa shape index (κ1) is 50.6. The fraction of sp³-hybridized carbons (Fsp3) is 0.433. The number of benzene rings is 6. The molecule has 6 rings (SSSR count). The highest BCUT2D eigenvalue weighted by molar-refractivity contribution is 6.01. The molecule has 0 radical (unpaired) electrons. The largest absolute Gasteiger partial charge is 0.508 e. The van der Waals surface area contributed by atoms with E-state index in [1.165, 1.54) is 0 Å². The maximum Gasteiger partial charge on any atom is 0.130 e. The summed E-state index contributed by atoms with van der Waals surface area (Å²) in [4.78, 5) is 0. The zero-order chi connectivity index (χ0) is 50.5. The fourth-order valence-corrected chi connectivity index (χ4v) is 9.44. The van der Waals surface area contributed by atoms with Crippen LogP contribution in [0.15, 0.2) is 66.7 Å². The van der Waals surface area contributed by atoms with Gasteiger partial charge < -0.3 is 35.4 Å². The number of aromatic hydroxyl groups is 6. The van der Waals surface area contributed by atoms with Crippen LogP contribution >= 0.6 is 0 Å². The molecule has 0 spiro atoms. The summed E-state index contributed by atoms with van der Waals surface area (Å²) in [6.45, 7) is 39.3. The van der Waals surface area contributed by atoms with Crippen molar-refractivity contribution < 1.29 is 35.4 Å². The summed E-state index contributed by atoms with van der Waals surface area (Å²) < 4.78 is 7.12. The molecule has 7 heteroatoms. The highest BCUT2D eigenvalue weighted by Gasteiger charge is 2.36. The minimum absolute atomic E-state index is 0.0305. The van der Waals surface area contributed by atoms with E-state index in [4.69, 9.17) is 4.74 Å². The summed E-state index contributed by atoms with van der Waals surface area (Å²) in [5.74, 6) is 1.27. The van der Waals surface area contributed by atoms with Crippen molar-refractivity contribution in [3.8, 4) is 73.6 Å². The molecule has 0 saturated carbocycles. The van der Waals surface area contributed by atoms with E-state index in [0.29, 0.717) is 44.5 Å². The number of hydrogen-bond donors (Lipinski definition) is 6. The Morgan fingerprint density at radius 3 is 1.16 bits per heavy atom. The predicted octanol–water partition coefficient (Wildman–Crippen LogP) is 15.5. The van der Waals surface area contributed by atoms with Crippen LogP contribution in [0.5, 0.6) is 40.2 Å². The second-order valence-electron chi connectivity index (χ2n) is 24.7. The first-order valence-corrected chi connectivity index (χ1v) is 23.6. The van der Waals surface area contributed by atoms with E-state index < -0.39 is 32.5 Å². The van der Waals surface area contributed by atoms with Crippen LogP contribution in [-0.4, -0.2) is 37.2 Å². The van der Waals surface area contributed by atoms with Crippen LogP contribution in [0.2, 0.25) is 0 Å². The molecule has 0 fully saturated rings. The van der Waals surface area contributed by atoms with Crippen molar-refractivity contribution in [1.29, 1.82) is 0 Å². The normalized spacial score (nSPS) is 13.1. The summed E-state index contributed by atoms with van der Waals surface area (Å²) in [5, 5.41) is 71.6. The van der Waals surface area contributed by atoms with Crippen LogP contribution in [0.1, 0.15) is 162 Å². The molecule has 0 bridgehead atoms. The summed E-state index contributed by atoms with van der Waals surface area (Å²) in [7, 11) is 0. The third-order valence-corrected chi connectivity index (χ3v) is 13.4. The van der Waals surface area contributed by atoms with Crippen LogP contribution < -0.4 is 4.74 Å². The molecule has 7 nitrogen and oxygen atoms in total. The van der Waals surface area contributed by atoms with Crippen LogP contribution in [0.25, 0.3) is 44.2 Å². The van der Waals surface area contributed by atoms with E-state index in [2.05, 4.69) is 130 Å². The topological polar surface area (TPSA) is 131 Å². The van der Waals surface area contributed by atoms with Gasteiger partial charge in [0.15, 0.2) is 0 Å². The fourth-order valence-electron chi connectivity index (χ4n) is 9.44. The van der Waals surface area contributed by atoms with E-state index in [1.54, 1.807) is 25.1 Å². The number of rotatable bonds is 7. The lowest BCUT2D eigenvalue weighted by Crippen LogP contribution is -2.29. The molecule has 0 saturated heterocycles. The molecule has 358 valence electrons. The van der Waals surface area contributed by atoms with Gasteiger partial charge in [-0.05, 0) is 129 Å². The Morgan fingerprint density at radius 2 is 0.746 bits per heavy atom. The highest BCUT2D eigenvalue weighted by Crippen LogP contribution is 2.53. The Bertz CT molecular complexity index is 2840. The van der Waals surface area contributed by atoms with Gasteiger partial charge >= 0.3 is 0 Å². The molecular weight excluding hydrogens is 833 g/mol. The third-order valence-electron chi connectivity index (χ3n) is 13.4.